The Bertz CT molecular complexity index is 933. The molecule has 160 valence electrons. The minimum atomic E-state index is -3.01. The van der Waals surface area contributed by atoms with E-state index in [-0.39, 0.29) is 23.5 Å². The molecule has 9 heteroatoms. The number of anilines is 1. The Hall–Kier alpha value is -2.52. The van der Waals surface area contributed by atoms with Crippen LogP contribution < -0.4 is 10.2 Å². The molecule has 2 aliphatic rings. The van der Waals surface area contributed by atoms with Gasteiger partial charge in [-0.05, 0) is 24.5 Å². The van der Waals surface area contributed by atoms with Crippen LogP contribution in [0.15, 0.2) is 48.8 Å². The summed E-state index contributed by atoms with van der Waals surface area (Å²) in [5.41, 5.74) is 0.893. The summed E-state index contributed by atoms with van der Waals surface area (Å²) >= 11 is 0. The van der Waals surface area contributed by atoms with Crippen molar-refractivity contribution in [2.75, 3.05) is 42.6 Å². The molecule has 2 saturated heterocycles. The SMILES string of the molecule is O=C(NC1CCN(c2ncccn2)CC1)C(c1ccccc1)N1CCS(=O)(=O)CC1. The van der Waals surface area contributed by atoms with Crippen molar-refractivity contribution < 1.29 is 13.2 Å². The van der Waals surface area contributed by atoms with E-state index in [2.05, 4.69) is 20.2 Å². The maximum atomic E-state index is 13.3. The molecule has 1 unspecified atom stereocenters. The molecule has 0 radical (unpaired) electrons. The normalized spacial score (nSPS) is 21.1. The fourth-order valence-corrected chi connectivity index (χ4v) is 5.34. The number of nitrogens with zero attached hydrogens (tertiary/aromatic N) is 4. The van der Waals surface area contributed by atoms with E-state index in [0.29, 0.717) is 13.1 Å². The van der Waals surface area contributed by atoms with Crippen molar-refractivity contribution in [3.05, 3.63) is 54.4 Å². The van der Waals surface area contributed by atoms with Gasteiger partial charge in [-0.1, -0.05) is 30.3 Å². The fourth-order valence-electron chi connectivity index (χ4n) is 4.11. The first-order valence-electron chi connectivity index (χ1n) is 10.3. The van der Waals surface area contributed by atoms with E-state index >= 15 is 0 Å². The molecule has 30 heavy (non-hydrogen) atoms. The molecule has 1 atom stereocenters. The summed E-state index contributed by atoms with van der Waals surface area (Å²) in [5, 5.41) is 3.21. The van der Waals surface area contributed by atoms with Crippen LogP contribution in [0.1, 0.15) is 24.4 Å². The lowest BCUT2D eigenvalue weighted by Gasteiger charge is -2.36. The third-order valence-electron chi connectivity index (χ3n) is 5.78. The maximum Gasteiger partial charge on any atom is 0.242 e. The molecule has 3 heterocycles. The van der Waals surface area contributed by atoms with Crippen molar-refractivity contribution in [2.24, 2.45) is 0 Å². The number of hydrogen-bond acceptors (Lipinski definition) is 7. The molecular formula is C21H27N5O3S. The lowest BCUT2D eigenvalue weighted by atomic mass is 10.0. The second-order valence-electron chi connectivity index (χ2n) is 7.82. The smallest absolute Gasteiger partial charge is 0.242 e. The number of amides is 1. The predicted molar refractivity (Wildman–Crippen MR) is 115 cm³/mol. The number of sulfone groups is 1. The molecule has 0 bridgehead atoms. The van der Waals surface area contributed by atoms with E-state index in [1.807, 2.05) is 35.2 Å². The molecule has 4 rings (SSSR count). The third-order valence-corrected chi connectivity index (χ3v) is 7.39. The highest BCUT2D eigenvalue weighted by atomic mass is 32.2. The zero-order chi connectivity index (χ0) is 21.0. The number of aromatic nitrogens is 2. The van der Waals surface area contributed by atoms with Gasteiger partial charge in [-0.25, -0.2) is 18.4 Å². The summed E-state index contributed by atoms with van der Waals surface area (Å²) in [5.74, 6) is 0.854. The van der Waals surface area contributed by atoms with Crippen LogP contribution in [0.2, 0.25) is 0 Å². The minimum absolute atomic E-state index is 0.0603. The number of nitrogens with one attached hydrogen (secondary N) is 1. The largest absolute Gasteiger partial charge is 0.352 e. The standard InChI is InChI=1S/C21H27N5O3S/c27-20(24-18-7-11-26(12-8-18)21-22-9-4-10-23-21)19(17-5-2-1-3-6-17)25-13-15-30(28,29)16-14-25/h1-6,9-10,18-19H,7-8,11-16H2,(H,24,27). The zero-order valence-electron chi connectivity index (χ0n) is 16.9. The molecule has 1 N–H and O–H groups in total. The van der Waals surface area contributed by atoms with E-state index < -0.39 is 15.9 Å². The summed E-state index contributed by atoms with van der Waals surface area (Å²) in [4.78, 5) is 26.0. The van der Waals surface area contributed by atoms with Gasteiger partial charge in [0.05, 0.1) is 11.5 Å². The third kappa shape index (κ3) is 4.96. The van der Waals surface area contributed by atoms with Gasteiger partial charge in [0.2, 0.25) is 11.9 Å². The zero-order valence-corrected chi connectivity index (χ0v) is 17.7. The maximum absolute atomic E-state index is 13.3. The van der Waals surface area contributed by atoms with E-state index in [9.17, 15) is 13.2 Å². The molecule has 2 aromatic rings. The van der Waals surface area contributed by atoms with Crippen molar-refractivity contribution in [2.45, 2.75) is 24.9 Å². The van der Waals surface area contributed by atoms with Crippen molar-refractivity contribution in [3.63, 3.8) is 0 Å². The van der Waals surface area contributed by atoms with Crippen molar-refractivity contribution in [3.8, 4) is 0 Å². The van der Waals surface area contributed by atoms with E-state index in [0.717, 1.165) is 37.4 Å². The molecule has 0 spiro atoms. The molecule has 8 nitrogen and oxygen atoms in total. The monoisotopic (exact) mass is 429 g/mol. The first kappa shape index (κ1) is 20.7. The van der Waals surface area contributed by atoms with E-state index in [4.69, 9.17) is 0 Å². The van der Waals surface area contributed by atoms with Gasteiger partial charge in [-0.15, -0.1) is 0 Å². The van der Waals surface area contributed by atoms with Crippen LogP contribution in [0, 0.1) is 0 Å². The number of benzene rings is 1. The summed E-state index contributed by atoms with van der Waals surface area (Å²) in [7, 11) is -3.01. The Morgan fingerprint density at radius 3 is 2.23 bits per heavy atom. The number of rotatable bonds is 5. The molecule has 2 aliphatic heterocycles. The average molecular weight is 430 g/mol. The van der Waals surface area contributed by atoms with E-state index in [1.165, 1.54) is 0 Å². The Balaban J connectivity index is 1.41. The van der Waals surface area contributed by atoms with Crippen LogP contribution in [-0.2, 0) is 14.6 Å². The molecule has 1 aromatic carbocycles. The molecule has 0 saturated carbocycles. The van der Waals surface area contributed by atoms with Crippen LogP contribution in [0.3, 0.4) is 0 Å². The van der Waals surface area contributed by atoms with Crippen molar-refractivity contribution >= 4 is 21.7 Å². The predicted octanol–water partition coefficient (Wildman–Crippen LogP) is 1.03. The molecule has 1 amide bonds. The highest BCUT2D eigenvalue weighted by Crippen LogP contribution is 2.24. The average Bonchev–Trinajstić information content (AvgIpc) is 2.77. The Labute approximate surface area is 177 Å². The number of carbonyl (C=O) groups excluding carboxylic acids is 1. The van der Waals surface area contributed by atoms with Gasteiger partial charge in [0, 0.05) is 44.6 Å². The van der Waals surface area contributed by atoms with Crippen LogP contribution >= 0.6 is 0 Å². The summed E-state index contributed by atoms with van der Waals surface area (Å²) in [6.07, 6.45) is 5.11. The van der Waals surface area contributed by atoms with Crippen LogP contribution in [0.25, 0.3) is 0 Å². The molecule has 1 aromatic heterocycles. The topological polar surface area (TPSA) is 95.5 Å². The van der Waals surface area contributed by atoms with E-state index in [1.54, 1.807) is 18.5 Å². The summed E-state index contributed by atoms with van der Waals surface area (Å²) in [6.45, 7) is 2.32. The summed E-state index contributed by atoms with van der Waals surface area (Å²) < 4.78 is 23.7. The second-order valence-corrected chi connectivity index (χ2v) is 10.1. The highest BCUT2D eigenvalue weighted by Gasteiger charge is 2.34. The van der Waals surface area contributed by atoms with Gasteiger partial charge in [0.15, 0.2) is 9.84 Å². The van der Waals surface area contributed by atoms with Crippen LogP contribution in [-0.4, -0.2) is 72.9 Å². The first-order chi connectivity index (χ1) is 14.5. The first-order valence-corrected chi connectivity index (χ1v) is 12.2. The highest BCUT2D eigenvalue weighted by molar-refractivity contribution is 7.91. The van der Waals surface area contributed by atoms with Gasteiger partial charge in [0.25, 0.3) is 0 Å². The second kappa shape index (κ2) is 9.09. The van der Waals surface area contributed by atoms with Gasteiger partial charge >= 0.3 is 0 Å². The Morgan fingerprint density at radius 1 is 0.967 bits per heavy atom. The molecule has 2 fully saturated rings. The number of carbonyl (C=O) groups is 1. The number of hydrogen-bond donors (Lipinski definition) is 1. The van der Waals surface area contributed by atoms with Gasteiger partial charge < -0.3 is 10.2 Å². The van der Waals surface area contributed by atoms with Crippen LogP contribution in [0.4, 0.5) is 5.95 Å². The van der Waals surface area contributed by atoms with Crippen molar-refractivity contribution in [1.29, 1.82) is 0 Å². The van der Waals surface area contributed by atoms with Gasteiger partial charge in [-0.2, -0.15) is 0 Å². The quantitative estimate of drug-likeness (QED) is 0.759. The fraction of sp³-hybridized carbons (Fsp3) is 0.476. The Morgan fingerprint density at radius 2 is 1.60 bits per heavy atom. The van der Waals surface area contributed by atoms with Crippen molar-refractivity contribution in [1.82, 2.24) is 20.2 Å². The van der Waals surface area contributed by atoms with Gasteiger partial charge in [0.1, 0.15) is 6.04 Å². The van der Waals surface area contributed by atoms with Gasteiger partial charge in [-0.3, -0.25) is 9.69 Å². The number of piperidine rings is 1. The van der Waals surface area contributed by atoms with Crippen LogP contribution in [0.5, 0.6) is 0 Å². The minimum Gasteiger partial charge on any atom is -0.352 e. The molecule has 0 aliphatic carbocycles. The summed E-state index contributed by atoms with van der Waals surface area (Å²) in [6, 6.07) is 11.0. The Kier molecular flexibility index (Phi) is 6.29. The molecular weight excluding hydrogens is 402 g/mol. The lowest BCUT2D eigenvalue weighted by molar-refractivity contribution is -0.127. The lowest BCUT2D eigenvalue weighted by Crippen LogP contribution is -2.51.